The molecule has 6 nitrogen and oxygen atoms in total. The fourth-order valence-electron chi connectivity index (χ4n) is 1.89. The van der Waals surface area contributed by atoms with Gasteiger partial charge in [-0.2, -0.15) is 0 Å². The van der Waals surface area contributed by atoms with Crippen LogP contribution in [0.3, 0.4) is 0 Å². The number of imidazole rings is 1. The quantitative estimate of drug-likeness (QED) is 0.786. The zero-order valence-electron chi connectivity index (χ0n) is 10.9. The number of hydrogen-bond acceptors (Lipinski definition) is 3. The minimum absolute atomic E-state index is 0.111. The Balaban J connectivity index is 2.09. The van der Waals surface area contributed by atoms with Gasteiger partial charge in [-0.1, -0.05) is 6.07 Å². The number of nitrogens with zero attached hydrogens (tertiary/aromatic N) is 2. The largest absolute Gasteiger partial charge is 0.355 e. The number of pyridine rings is 1. The number of nitrogens with one attached hydrogen (secondary N) is 2. The molecule has 2 amide bonds. The summed E-state index contributed by atoms with van der Waals surface area (Å²) in [6.45, 7) is 4.04. The molecule has 19 heavy (non-hydrogen) atoms. The van der Waals surface area contributed by atoms with E-state index >= 15 is 0 Å². The molecular formula is C13H16N4O2. The molecule has 0 aliphatic heterocycles. The SMILES string of the molecule is CC(=O)NCCNC(=O)c1c(C)nc2ccccn12. The first-order chi connectivity index (χ1) is 9.09. The van der Waals surface area contributed by atoms with E-state index in [0.29, 0.717) is 24.5 Å². The summed E-state index contributed by atoms with van der Waals surface area (Å²) < 4.78 is 1.75. The number of fused-ring (bicyclic) bond motifs is 1. The summed E-state index contributed by atoms with van der Waals surface area (Å²) in [4.78, 5) is 27.1. The van der Waals surface area contributed by atoms with Crippen molar-refractivity contribution in [2.45, 2.75) is 13.8 Å². The maximum Gasteiger partial charge on any atom is 0.270 e. The van der Waals surface area contributed by atoms with Crippen LogP contribution in [0.25, 0.3) is 5.65 Å². The molecule has 2 aromatic rings. The summed E-state index contributed by atoms with van der Waals surface area (Å²) in [5.41, 5.74) is 1.95. The third-order valence-corrected chi connectivity index (χ3v) is 2.70. The van der Waals surface area contributed by atoms with E-state index in [-0.39, 0.29) is 11.8 Å². The Bertz CT molecular complexity index is 618. The van der Waals surface area contributed by atoms with Gasteiger partial charge < -0.3 is 10.6 Å². The van der Waals surface area contributed by atoms with Gasteiger partial charge in [0.05, 0.1) is 5.69 Å². The lowest BCUT2D eigenvalue weighted by Crippen LogP contribution is -2.34. The number of rotatable bonds is 4. The van der Waals surface area contributed by atoms with Crippen LogP contribution in [0.5, 0.6) is 0 Å². The molecule has 0 aromatic carbocycles. The van der Waals surface area contributed by atoms with Crippen molar-refractivity contribution in [2.75, 3.05) is 13.1 Å². The average molecular weight is 260 g/mol. The van der Waals surface area contributed by atoms with Gasteiger partial charge in [0, 0.05) is 26.2 Å². The Morgan fingerprint density at radius 2 is 2.00 bits per heavy atom. The van der Waals surface area contributed by atoms with Crippen LogP contribution in [-0.2, 0) is 4.79 Å². The highest BCUT2D eigenvalue weighted by Crippen LogP contribution is 2.11. The highest BCUT2D eigenvalue weighted by atomic mass is 16.2. The number of carbonyl (C=O) groups is 2. The lowest BCUT2D eigenvalue weighted by Gasteiger charge is -2.06. The Hall–Kier alpha value is -2.37. The number of hydrogen-bond donors (Lipinski definition) is 2. The zero-order chi connectivity index (χ0) is 13.8. The molecule has 0 bridgehead atoms. The topological polar surface area (TPSA) is 75.5 Å². The monoisotopic (exact) mass is 260 g/mol. The van der Waals surface area contributed by atoms with E-state index in [9.17, 15) is 9.59 Å². The molecule has 6 heteroatoms. The van der Waals surface area contributed by atoms with Crippen LogP contribution in [-0.4, -0.2) is 34.3 Å². The van der Waals surface area contributed by atoms with Gasteiger partial charge in [-0.05, 0) is 19.1 Å². The van der Waals surface area contributed by atoms with Gasteiger partial charge in [-0.25, -0.2) is 4.98 Å². The van der Waals surface area contributed by atoms with E-state index in [4.69, 9.17) is 0 Å². The van der Waals surface area contributed by atoms with Crippen molar-refractivity contribution >= 4 is 17.5 Å². The van der Waals surface area contributed by atoms with E-state index in [2.05, 4.69) is 15.6 Å². The van der Waals surface area contributed by atoms with E-state index < -0.39 is 0 Å². The summed E-state index contributed by atoms with van der Waals surface area (Å²) in [6.07, 6.45) is 1.80. The lowest BCUT2D eigenvalue weighted by molar-refractivity contribution is -0.118. The maximum absolute atomic E-state index is 12.1. The van der Waals surface area contributed by atoms with Crippen LogP contribution in [0.2, 0.25) is 0 Å². The van der Waals surface area contributed by atoms with Crippen LogP contribution in [0, 0.1) is 6.92 Å². The number of aromatic nitrogens is 2. The highest BCUT2D eigenvalue weighted by Gasteiger charge is 2.15. The second kappa shape index (κ2) is 5.51. The molecule has 0 radical (unpaired) electrons. The van der Waals surface area contributed by atoms with Crippen molar-refractivity contribution in [1.29, 1.82) is 0 Å². The summed E-state index contributed by atoms with van der Waals surface area (Å²) in [7, 11) is 0. The molecule has 0 atom stereocenters. The van der Waals surface area contributed by atoms with Gasteiger partial charge >= 0.3 is 0 Å². The second-order valence-corrected chi connectivity index (χ2v) is 4.21. The predicted molar refractivity (Wildman–Crippen MR) is 70.9 cm³/mol. The third kappa shape index (κ3) is 2.90. The van der Waals surface area contributed by atoms with Gasteiger partial charge in [0.1, 0.15) is 11.3 Å². The Kier molecular flexibility index (Phi) is 3.79. The lowest BCUT2D eigenvalue weighted by atomic mass is 10.3. The minimum atomic E-state index is -0.193. The summed E-state index contributed by atoms with van der Waals surface area (Å²) in [6, 6.07) is 5.57. The molecule has 2 aromatic heterocycles. The Labute approximate surface area is 110 Å². The summed E-state index contributed by atoms with van der Waals surface area (Å²) in [5.74, 6) is -0.304. The maximum atomic E-state index is 12.1. The number of aryl methyl sites for hydroxylation is 1. The molecule has 0 saturated carbocycles. The molecule has 0 saturated heterocycles. The normalized spacial score (nSPS) is 10.4. The Morgan fingerprint density at radius 3 is 2.74 bits per heavy atom. The van der Waals surface area contributed by atoms with Crippen molar-refractivity contribution in [3.8, 4) is 0 Å². The molecule has 0 aliphatic carbocycles. The molecule has 0 unspecified atom stereocenters. The molecule has 2 N–H and O–H groups in total. The van der Waals surface area contributed by atoms with Crippen LogP contribution in [0.15, 0.2) is 24.4 Å². The summed E-state index contributed by atoms with van der Waals surface area (Å²) in [5, 5.41) is 5.38. The average Bonchev–Trinajstić information content (AvgIpc) is 2.70. The predicted octanol–water partition coefficient (Wildman–Crippen LogP) is 0.509. The van der Waals surface area contributed by atoms with Crippen LogP contribution in [0.1, 0.15) is 23.1 Å². The molecule has 0 spiro atoms. The standard InChI is InChI=1S/C13H16N4O2/c1-9-12(13(19)15-7-6-14-10(2)18)17-8-4-3-5-11(17)16-9/h3-5,8H,6-7H2,1-2H3,(H,14,18)(H,15,19). The number of amides is 2. The van der Waals surface area contributed by atoms with Crippen molar-refractivity contribution < 1.29 is 9.59 Å². The van der Waals surface area contributed by atoms with Crippen LogP contribution < -0.4 is 10.6 Å². The van der Waals surface area contributed by atoms with Crippen molar-refractivity contribution in [1.82, 2.24) is 20.0 Å². The zero-order valence-corrected chi connectivity index (χ0v) is 10.9. The smallest absolute Gasteiger partial charge is 0.270 e. The van der Waals surface area contributed by atoms with Gasteiger partial charge in [-0.15, -0.1) is 0 Å². The van der Waals surface area contributed by atoms with E-state index in [1.54, 1.807) is 17.5 Å². The number of carbonyl (C=O) groups excluding carboxylic acids is 2. The molecule has 0 aliphatic rings. The molecule has 100 valence electrons. The first-order valence-electron chi connectivity index (χ1n) is 6.06. The fraction of sp³-hybridized carbons (Fsp3) is 0.308. The van der Waals surface area contributed by atoms with E-state index in [1.165, 1.54) is 6.92 Å². The van der Waals surface area contributed by atoms with Gasteiger partial charge in [0.2, 0.25) is 5.91 Å². The second-order valence-electron chi connectivity index (χ2n) is 4.21. The van der Waals surface area contributed by atoms with Crippen LogP contribution in [0.4, 0.5) is 0 Å². The summed E-state index contributed by atoms with van der Waals surface area (Å²) >= 11 is 0. The first kappa shape index (κ1) is 13.1. The van der Waals surface area contributed by atoms with Crippen molar-refractivity contribution in [2.24, 2.45) is 0 Å². The van der Waals surface area contributed by atoms with Gasteiger partial charge in [-0.3, -0.25) is 14.0 Å². The molecule has 0 fully saturated rings. The highest BCUT2D eigenvalue weighted by molar-refractivity contribution is 5.94. The first-order valence-corrected chi connectivity index (χ1v) is 6.06. The third-order valence-electron chi connectivity index (χ3n) is 2.70. The van der Waals surface area contributed by atoms with Crippen LogP contribution >= 0.6 is 0 Å². The molecule has 2 rings (SSSR count). The molecular weight excluding hydrogens is 244 g/mol. The Morgan fingerprint density at radius 1 is 1.26 bits per heavy atom. The van der Waals surface area contributed by atoms with Crippen molar-refractivity contribution in [3.05, 3.63) is 35.8 Å². The van der Waals surface area contributed by atoms with E-state index in [0.717, 1.165) is 5.65 Å². The van der Waals surface area contributed by atoms with Crippen molar-refractivity contribution in [3.63, 3.8) is 0 Å². The van der Waals surface area contributed by atoms with Gasteiger partial charge in [0.15, 0.2) is 0 Å². The minimum Gasteiger partial charge on any atom is -0.355 e. The fourth-order valence-corrected chi connectivity index (χ4v) is 1.89. The molecule has 2 heterocycles. The van der Waals surface area contributed by atoms with Gasteiger partial charge in [0.25, 0.3) is 5.91 Å². The van der Waals surface area contributed by atoms with E-state index in [1.807, 2.05) is 18.2 Å².